The van der Waals surface area contributed by atoms with Gasteiger partial charge in [0.1, 0.15) is 29.3 Å². The molecule has 7 nitrogen and oxygen atoms in total. The second kappa shape index (κ2) is 7.99. The van der Waals surface area contributed by atoms with Crippen LogP contribution in [0.5, 0.6) is 11.6 Å². The van der Waals surface area contributed by atoms with Gasteiger partial charge in [-0.2, -0.15) is 5.10 Å². The summed E-state index contributed by atoms with van der Waals surface area (Å²) < 4.78 is 35.1. The number of aromatic hydroxyl groups is 1. The molecule has 0 atom stereocenters. The van der Waals surface area contributed by atoms with E-state index in [1.807, 2.05) is 18.2 Å². The van der Waals surface area contributed by atoms with E-state index in [2.05, 4.69) is 15.1 Å². The molecule has 0 spiro atoms. The fraction of sp³-hybridized carbons (Fsp3) is 0.0833. The zero-order valence-electron chi connectivity index (χ0n) is 17.4. The highest BCUT2D eigenvalue weighted by atomic mass is 32.1. The van der Waals surface area contributed by atoms with Gasteiger partial charge in [0.05, 0.1) is 22.1 Å². The van der Waals surface area contributed by atoms with Crippen LogP contribution in [0, 0.1) is 11.6 Å². The van der Waals surface area contributed by atoms with E-state index in [0.29, 0.717) is 36.0 Å². The minimum absolute atomic E-state index is 0.0614. The molecule has 4 aromatic heterocycles. The van der Waals surface area contributed by atoms with Crippen LogP contribution in [0.1, 0.15) is 5.56 Å². The largest absolute Gasteiger partial charge is 0.493 e. The molecule has 5 heterocycles. The average molecular weight is 475 g/mol. The van der Waals surface area contributed by atoms with Crippen molar-refractivity contribution in [1.82, 2.24) is 24.7 Å². The fourth-order valence-corrected chi connectivity index (χ4v) is 5.05. The molecule has 6 rings (SSSR count). The Morgan fingerprint density at radius 1 is 1.03 bits per heavy atom. The maximum absolute atomic E-state index is 14.4. The molecule has 0 unspecified atom stereocenters. The Hall–Kier alpha value is -4.18. The van der Waals surface area contributed by atoms with Crippen LogP contribution in [0.4, 0.5) is 8.78 Å². The van der Waals surface area contributed by atoms with Crippen molar-refractivity contribution < 1.29 is 18.6 Å². The van der Waals surface area contributed by atoms with Crippen molar-refractivity contribution in [1.29, 1.82) is 0 Å². The molecule has 0 radical (unpaired) electrons. The summed E-state index contributed by atoms with van der Waals surface area (Å²) in [5, 5.41) is 13.7. The van der Waals surface area contributed by atoms with E-state index in [4.69, 9.17) is 9.72 Å². The third-order valence-corrected chi connectivity index (χ3v) is 6.64. The Balaban J connectivity index is 1.46. The van der Waals surface area contributed by atoms with E-state index in [0.717, 1.165) is 26.9 Å². The van der Waals surface area contributed by atoms with Crippen molar-refractivity contribution in [2.75, 3.05) is 6.61 Å². The highest BCUT2D eigenvalue weighted by molar-refractivity contribution is 7.19. The zero-order chi connectivity index (χ0) is 23.2. The molecule has 0 amide bonds. The van der Waals surface area contributed by atoms with Gasteiger partial charge in [-0.1, -0.05) is 0 Å². The summed E-state index contributed by atoms with van der Waals surface area (Å²) in [6, 6.07) is 12.3. The summed E-state index contributed by atoms with van der Waals surface area (Å²) in [7, 11) is 0. The van der Waals surface area contributed by atoms with Crippen LogP contribution >= 0.6 is 11.3 Å². The van der Waals surface area contributed by atoms with Crippen LogP contribution in [0.2, 0.25) is 0 Å². The highest BCUT2D eigenvalue weighted by Gasteiger charge is 2.24. The van der Waals surface area contributed by atoms with Crippen molar-refractivity contribution in [3.8, 4) is 49.8 Å². The third kappa shape index (κ3) is 3.48. The zero-order valence-corrected chi connectivity index (χ0v) is 18.3. The Morgan fingerprint density at radius 3 is 2.76 bits per heavy atom. The fourth-order valence-electron chi connectivity index (χ4n) is 3.86. The number of aromatic nitrogens is 5. The predicted molar refractivity (Wildman–Crippen MR) is 122 cm³/mol. The SMILES string of the molecule is Oc1ccc(-c2ccc3c(n2)-c2sc(-c4ncnn4-c4ccc(F)cc4F)cc2CCO3)cn1. The van der Waals surface area contributed by atoms with Gasteiger partial charge >= 0.3 is 0 Å². The normalized spacial score (nSPS) is 12.5. The van der Waals surface area contributed by atoms with Gasteiger partial charge in [0.15, 0.2) is 11.6 Å². The number of benzene rings is 1. The lowest BCUT2D eigenvalue weighted by atomic mass is 10.1. The Bertz CT molecular complexity index is 1530. The molecular formula is C24H15F2N5O2S. The number of rotatable bonds is 3. The summed E-state index contributed by atoms with van der Waals surface area (Å²) in [6.07, 6.45) is 3.56. The second-order valence-corrected chi connectivity index (χ2v) is 8.66. The molecule has 5 aromatic rings. The molecule has 0 saturated carbocycles. The summed E-state index contributed by atoms with van der Waals surface area (Å²) in [4.78, 5) is 14.8. The molecule has 1 aliphatic heterocycles. The minimum Gasteiger partial charge on any atom is -0.493 e. The molecule has 0 bridgehead atoms. The number of nitrogens with zero attached hydrogens (tertiary/aromatic N) is 5. The molecule has 34 heavy (non-hydrogen) atoms. The van der Waals surface area contributed by atoms with Gasteiger partial charge in [0, 0.05) is 30.3 Å². The maximum Gasteiger partial charge on any atom is 0.210 e. The first-order chi connectivity index (χ1) is 16.6. The van der Waals surface area contributed by atoms with Crippen LogP contribution in [0.3, 0.4) is 0 Å². The molecule has 0 fully saturated rings. The van der Waals surface area contributed by atoms with Crippen molar-refractivity contribution in [3.63, 3.8) is 0 Å². The lowest BCUT2D eigenvalue weighted by molar-refractivity contribution is 0.325. The summed E-state index contributed by atoms with van der Waals surface area (Å²) in [5.41, 5.74) is 3.28. The molecular weight excluding hydrogens is 460 g/mol. The van der Waals surface area contributed by atoms with Crippen LogP contribution in [-0.2, 0) is 6.42 Å². The lowest BCUT2D eigenvalue weighted by Gasteiger charge is -2.09. The third-order valence-electron chi connectivity index (χ3n) is 5.46. The van der Waals surface area contributed by atoms with E-state index in [-0.39, 0.29) is 11.6 Å². The van der Waals surface area contributed by atoms with Crippen LogP contribution < -0.4 is 4.74 Å². The van der Waals surface area contributed by atoms with Gasteiger partial charge in [0.2, 0.25) is 5.88 Å². The first-order valence-electron chi connectivity index (χ1n) is 10.3. The van der Waals surface area contributed by atoms with Crippen LogP contribution in [-0.4, -0.2) is 36.4 Å². The number of thiophene rings is 1. The Kier molecular flexibility index (Phi) is 4.80. The van der Waals surface area contributed by atoms with E-state index in [9.17, 15) is 13.9 Å². The van der Waals surface area contributed by atoms with E-state index in [1.54, 1.807) is 12.3 Å². The van der Waals surface area contributed by atoms with Crippen LogP contribution in [0.25, 0.3) is 38.2 Å². The molecule has 168 valence electrons. The van der Waals surface area contributed by atoms with Gasteiger partial charge in [0.25, 0.3) is 0 Å². The number of ether oxygens (including phenoxy) is 1. The molecule has 1 aromatic carbocycles. The average Bonchev–Trinajstić information content (AvgIpc) is 3.44. The summed E-state index contributed by atoms with van der Waals surface area (Å²) in [6.45, 7) is 0.483. The number of hydrogen-bond acceptors (Lipinski definition) is 7. The standard InChI is InChI=1S/C24H15F2N5O2S/c25-15-2-4-18(16(26)10-15)31-24(28-12-29-31)20-9-13-7-8-33-19-5-3-17(30-22(19)23(13)34-20)14-1-6-21(32)27-11-14/h1-6,9-12H,7-8H2,(H,27,32). The second-order valence-electron chi connectivity index (χ2n) is 7.60. The number of fused-ring (bicyclic) bond motifs is 3. The van der Waals surface area contributed by atoms with E-state index >= 15 is 0 Å². The molecule has 1 aliphatic rings. The van der Waals surface area contributed by atoms with Crippen LogP contribution in [0.15, 0.2) is 61.1 Å². The molecule has 0 saturated heterocycles. The quantitative estimate of drug-likeness (QED) is 0.394. The monoisotopic (exact) mass is 475 g/mol. The predicted octanol–water partition coefficient (Wildman–Crippen LogP) is 5.04. The number of pyridine rings is 2. The first kappa shape index (κ1) is 20.4. The van der Waals surface area contributed by atoms with Crippen molar-refractivity contribution in [2.45, 2.75) is 6.42 Å². The number of halogens is 2. The van der Waals surface area contributed by atoms with Gasteiger partial charge in [-0.15, -0.1) is 11.3 Å². The van der Waals surface area contributed by atoms with Crippen molar-refractivity contribution in [2.24, 2.45) is 0 Å². The van der Waals surface area contributed by atoms with Crippen molar-refractivity contribution >= 4 is 11.3 Å². The summed E-state index contributed by atoms with van der Waals surface area (Å²) in [5.74, 6) is -0.335. The van der Waals surface area contributed by atoms with Gasteiger partial charge in [-0.25, -0.2) is 28.4 Å². The summed E-state index contributed by atoms with van der Waals surface area (Å²) >= 11 is 1.46. The highest BCUT2D eigenvalue weighted by Crippen LogP contribution is 2.43. The van der Waals surface area contributed by atoms with Gasteiger partial charge < -0.3 is 9.84 Å². The van der Waals surface area contributed by atoms with E-state index < -0.39 is 11.6 Å². The number of hydrogen-bond donors (Lipinski definition) is 1. The smallest absolute Gasteiger partial charge is 0.210 e. The molecule has 10 heteroatoms. The Morgan fingerprint density at radius 2 is 1.94 bits per heavy atom. The Labute approximate surface area is 196 Å². The molecule has 0 aliphatic carbocycles. The van der Waals surface area contributed by atoms with Crippen molar-refractivity contribution in [3.05, 3.63) is 78.3 Å². The minimum atomic E-state index is -0.725. The van der Waals surface area contributed by atoms with Gasteiger partial charge in [-0.3, -0.25) is 0 Å². The van der Waals surface area contributed by atoms with Gasteiger partial charge in [-0.05, 0) is 42.0 Å². The molecule has 1 N–H and O–H groups in total. The maximum atomic E-state index is 14.4. The lowest BCUT2D eigenvalue weighted by Crippen LogP contribution is -2.02. The first-order valence-corrected chi connectivity index (χ1v) is 11.2. The van der Waals surface area contributed by atoms with E-state index in [1.165, 1.54) is 40.5 Å². The topological polar surface area (TPSA) is 86.0 Å².